The molecule has 1 N–H and O–H groups in total. The van der Waals surface area contributed by atoms with Crippen LogP contribution in [0.5, 0.6) is 0 Å². The van der Waals surface area contributed by atoms with Crippen LogP contribution in [0.1, 0.15) is 13.3 Å². The minimum Gasteiger partial charge on any atom is -0.319 e. The van der Waals surface area contributed by atoms with Crippen molar-refractivity contribution in [1.29, 1.82) is 0 Å². The first-order chi connectivity index (χ1) is 3.85. The number of hydrogen-bond donors (Lipinski definition) is 1. The Balaban J connectivity index is 3.21. The molecule has 0 aliphatic carbocycles. The molecule has 0 aliphatic heterocycles. The summed E-state index contributed by atoms with van der Waals surface area (Å²) < 4.78 is 0. The molecule has 1 nitrogen and oxygen atoms in total. The standard InChI is InChI=1S/C7H15N/c1-4-7(5-2)6-8-3/h4,7-8H,1,5-6H2,2-3H3. The highest BCUT2D eigenvalue weighted by Gasteiger charge is 1.95. The Labute approximate surface area is 51.8 Å². The van der Waals surface area contributed by atoms with Crippen LogP contribution in [0.4, 0.5) is 0 Å². The second-order valence-electron chi connectivity index (χ2n) is 1.96. The van der Waals surface area contributed by atoms with Gasteiger partial charge in [-0.05, 0) is 19.4 Å². The van der Waals surface area contributed by atoms with Crippen LogP contribution in [0.25, 0.3) is 0 Å². The Bertz CT molecular complexity index is 59.4. The van der Waals surface area contributed by atoms with Gasteiger partial charge in [-0.25, -0.2) is 0 Å². The van der Waals surface area contributed by atoms with E-state index in [0.717, 1.165) is 6.54 Å². The normalized spacial score (nSPS) is 13.2. The van der Waals surface area contributed by atoms with Crippen LogP contribution >= 0.6 is 0 Å². The maximum absolute atomic E-state index is 3.71. The van der Waals surface area contributed by atoms with Crippen molar-refractivity contribution in [3.63, 3.8) is 0 Å². The molecule has 0 aromatic carbocycles. The maximum Gasteiger partial charge on any atom is 0.00110 e. The Morgan fingerprint density at radius 1 is 1.75 bits per heavy atom. The van der Waals surface area contributed by atoms with Crippen molar-refractivity contribution in [2.24, 2.45) is 5.92 Å². The summed E-state index contributed by atoms with van der Waals surface area (Å²) in [4.78, 5) is 0. The molecule has 0 aromatic rings. The van der Waals surface area contributed by atoms with Gasteiger partial charge in [-0.1, -0.05) is 13.0 Å². The second kappa shape index (κ2) is 4.85. The van der Waals surface area contributed by atoms with Crippen molar-refractivity contribution in [1.82, 2.24) is 5.32 Å². The molecule has 0 saturated carbocycles. The molecule has 0 spiro atoms. The van der Waals surface area contributed by atoms with Crippen LogP contribution in [0, 0.1) is 5.92 Å². The summed E-state index contributed by atoms with van der Waals surface area (Å²) in [5.41, 5.74) is 0. The molecule has 0 fully saturated rings. The Hall–Kier alpha value is -0.300. The first-order valence-electron chi connectivity index (χ1n) is 3.12. The average molecular weight is 113 g/mol. The molecule has 0 aliphatic rings. The van der Waals surface area contributed by atoms with Crippen LogP contribution in [0.15, 0.2) is 12.7 Å². The monoisotopic (exact) mass is 113 g/mol. The lowest BCUT2D eigenvalue weighted by Gasteiger charge is -2.06. The van der Waals surface area contributed by atoms with E-state index >= 15 is 0 Å². The first kappa shape index (κ1) is 7.70. The third-order valence-corrected chi connectivity index (χ3v) is 1.32. The van der Waals surface area contributed by atoms with Crippen molar-refractivity contribution in [2.45, 2.75) is 13.3 Å². The molecule has 8 heavy (non-hydrogen) atoms. The van der Waals surface area contributed by atoms with E-state index in [1.165, 1.54) is 6.42 Å². The zero-order chi connectivity index (χ0) is 6.41. The number of rotatable bonds is 4. The van der Waals surface area contributed by atoms with E-state index in [2.05, 4.69) is 18.8 Å². The van der Waals surface area contributed by atoms with E-state index in [4.69, 9.17) is 0 Å². The van der Waals surface area contributed by atoms with Gasteiger partial charge in [0, 0.05) is 6.54 Å². The SMILES string of the molecule is C=CC(CC)CNC. The van der Waals surface area contributed by atoms with Crippen LogP contribution in [-0.4, -0.2) is 13.6 Å². The second-order valence-corrected chi connectivity index (χ2v) is 1.96. The van der Waals surface area contributed by atoms with E-state index in [-0.39, 0.29) is 0 Å². The van der Waals surface area contributed by atoms with Gasteiger partial charge in [-0.3, -0.25) is 0 Å². The molecule has 0 heterocycles. The van der Waals surface area contributed by atoms with Gasteiger partial charge < -0.3 is 5.32 Å². The molecule has 1 heteroatoms. The van der Waals surface area contributed by atoms with E-state index in [0.29, 0.717) is 5.92 Å². The predicted octanol–water partition coefficient (Wildman–Crippen LogP) is 1.42. The van der Waals surface area contributed by atoms with Gasteiger partial charge in [0.05, 0.1) is 0 Å². The zero-order valence-electron chi connectivity index (χ0n) is 5.78. The minimum absolute atomic E-state index is 0.653. The fraction of sp³-hybridized carbons (Fsp3) is 0.714. The van der Waals surface area contributed by atoms with Crippen LogP contribution < -0.4 is 5.32 Å². The zero-order valence-corrected chi connectivity index (χ0v) is 5.78. The maximum atomic E-state index is 3.71. The number of hydrogen-bond acceptors (Lipinski definition) is 1. The summed E-state index contributed by atoms with van der Waals surface area (Å²) in [6.07, 6.45) is 3.18. The van der Waals surface area contributed by atoms with E-state index in [9.17, 15) is 0 Å². The predicted molar refractivity (Wildman–Crippen MR) is 37.9 cm³/mol. The third kappa shape index (κ3) is 2.80. The highest BCUT2D eigenvalue weighted by Crippen LogP contribution is 1.99. The molecule has 0 saturated heterocycles. The largest absolute Gasteiger partial charge is 0.319 e. The van der Waals surface area contributed by atoms with Crippen molar-refractivity contribution in [3.8, 4) is 0 Å². The summed E-state index contributed by atoms with van der Waals surface area (Å²) in [5, 5.41) is 3.10. The van der Waals surface area contributed by atoms with Gasteiger partial charge in [-0.2, -0.15) is 0 Å². The van der Waals surface area contributed by atoms with Gasteiger partial charge in [0.15, 0.2) is 0 Å². The highest BCUT2D eigenvalue weighted by atomic mass is 14.8. The van der Waals surface area contributed by atoms with Gasteiger partial charge >= 0.3 is 0 Å². The van der Waals surface area contributed by atoms with Crippen LogP contribution in [0.2, 0.25) is 0 Å². The third-order valence-electron chi connectivity index (χ3n) is 1.32. The fourth-order valence-electron chi connectivity index (χ4n) is 0.657. The average Bonchev–Trinajstić information content (AvgIpc) is 1.83. The van der Waals surface area contributed by atoms with E-state index in [1.54, 1.807) is 0 Å². The van der Waals surface area contributed by atoms with Gasteiger partial charge in [0.1, 0.15) is 0 Å². The Kier molecular flexibility index (Phi) is 4.67. The summed E-state index contributed by atoms with van der Waals surface area (Å²) in [6, 6.07) is 0. The highest BCUT2D eigenvalue weighted by molar-refractivity contribution is 4.78. The molecule has 0 rings (SSSR count). The Morgan fingerprint density at radius 2 is 2.38 bits per heavy atom. The molecule has 1 unspecified atom stereocenters. The molecule has 0 radical (unpaired) electrons. The lowest BCUT2D eigenvalue weighted by molar-refractivity contribution is 0.582. The van der Waals surface area contributed by atoms with Crippen molar-refractivity contribution in [2.75, 3.05) is 13.6 Å². The van der Waals surface area contributed by atoms with Gasteiger partial charge in [0.25, 0.3) is 0 Å². The van der Waals surface area contributed by atoms with Gasteiger partial charge in [-0.15, -0.1) is 6.58 Å². The molecular weight excluding hydrogens is 98.1 g/mol. The smallest absolute Gasteiger partial charge is 0.00110 e. The van der Waals surface area contributed by atoms with Crippen LogP contribution in [0.3, 0.4) is 0 Å². The summed E-state index contributed by atoms with van der Waals surface area (Å²) >= 11 is 0. The molecule has 1 atom stereocenters. The Morgan fingerprint density at radius 3 is 2.50 bits per heavy atom. The van der Waals surface area contributed by atoms with Crippen molar-refractivity contribution < 1.29 is 0 Å². The van der Waals surface area contributed by atoms with E-state index < -0.39 is 0 Å². The lowest BCUT2D eigenvalue weighted by Crippen LogP contribution is -2.15. The summed E-state index contributed by atoms with van der Waals surface area (Å²) in [6.45, 7) is 6.94. The summed E-state index contributed by atoms with van der Waals surface area (Å²) in [7, 11) is 1.96. The first-order valence-corrected chi connectivity index (χ1v) is 3.12. The topological polar surface area (TPSA) is 12.0 Å². The molecule has 0 bridgehead atoms. The quantitative estimate of drug-likeness (QED) is 0.544. The lowest BCUT2D eigenvalue weighted by atomic mass is 10.1. The fourth-order valence-corrected chi connectivity index (χ4v) is 0.657. The molecule has 48 valence electrons. The molecular formula is C7H15N. The van der Waals surface area contributed by atoms with E-state index in [1.807, 2.05) is 13.1 Å². The molecule has 0 aromatic heterocycles. The molecule has 0 amide bonds. The van der Waals surface area contributed by atoms with Crippen molar-refractivity contribution >= 4 is 0 Å². The summed E-state index contributed by atoms with van der Waals surface area (Å²) in [5.74, 6) is 0.653. The number of nitrogens with one attached hydrogen (secondary N) is 1. The van der Waals surface area contributed by atoms with Gasteiger partial charge in [0.2, 0.25) is 0 Å². The minimum atomic E-state index is 0.653. The van der Waals surface area contributed by atoms with Crippen LogP contribution in [-0.2, 0) is 0 Å². The van der Waals surface area contributed by atoms with Crippen molar-refractivity contribution in [3.05, 3.63) is 12.7 Å².